The number of benzene rings is 1. The molecule has 1 aliphatic rings. The van der Waals surface area contributed by atoms with Gasteiger partial charge in [0.1, 0.15) is 17.4 Å². The first-order valence-electron chi connectivity index (χ1n) is 6.83. The second-order valence-corrected chi connectivity index (χ2v) is 5.49. The molecule has 110 valence electrons. The predicted molar refractivity (Wildman–Crippen MR) is 81.3 cm³/mol. The third-order valence-corrected chi connectivity index (χ3v) is 3.81. The van der Waals surface area contributed by atoms with E-state index in [0.29, 0.717) is 34.8 Å². The maximum Gasteiger partial charge on any atom is 0.256 e. The third-order valence-electron chi connectivity index (χ3n) is 3.50. The molecule has 0 saturated heterocycles. The van der Waals surface area contributed by atoms with Crippen molar-refractivity contribution >= 4 is 28.4 Å². The lowest BCUT2D eigenvalue weighted by Crippen LogP contribution is -2.32. The number of pyridine rings is 1. The van der Waals surface area contributed by atoms with Crippen molar-refractivity contribution in [2.75, 3.05) is 6.54 Å². The van der Waals surface area contributed by atoms with Crippen molar-refractivity contribution in [3.05, 3.63) is 39.1 Å². The first kappa shape index (κ1) is 13.9. The zero-order valence-electron chi connectivity index (χ0n) is 11.8. The molecule has 1 atom stereocenters. The van der Waals surface area contributed by atoms with E-state index in [1.54, 1.807) is 18.3 Å². The molecule has 2 heterocycles. The summed E-state index contributed by atoms with van der Waals surface area (Å²) in [6, 6.07) is 3.38. The van der Waals surface area contributed by atoms with Gasteiger partial charge in [-0.2, -0.15) is 0 Å². The number of aromatic nitrogens is 1. The fourth-order valence-electron chi connectivity index (χ4n) is 2.65. The number of ether oxygens (including phenoxy) is 1. The van der Waals surface area contributed by atoms with E-state index >= 15 is 0 Å². The molecule has 1 aromatic heterocycles. The lowest BCUT2D eigenvalue weighted by Gasteiger charge is -2.26. The van der Waals surface area contributed by atoms with E-state index in [0.717, 1.165) is 0 Å². The highest BCUT2D eigenvalue weighted by Gasteiger charge is 2.24. The number of carbonyl (C=O) groups is 1. The molecule has 5 nitrogen and oxygen atoms in total. The van der Waals surface area contributed by atoms with Gasteiger partial charge < -0.3 is 14.6 Å². The number of hydrogen-bond acceptors (Lipinski definition) is 3. The van der Waals surface area contributed by atoms with Gasteiger partial charge in [0.05, 0.1) is 22.5 Å². The molecule has 2 aromatic rings. The highest BCUT2D eigenvalue weighted by atomic mass is 35.5. The number of carbonyl (C=O) groups excluding carboxylic acids is 1. The summed E-state index contributed by atoms with van der Waals surface area (Å²) in [6.07, 6.45) is 1.56. The summed E-state index contributed by atoms with van der Waals surface area (Å²) in [6.45, 7) is 4.77. The van der Waals surface area contributed by atoms with Gasteiger partial charge in [0, 0.05) is 12.7 Å². The Morgan fingerprint density at radius 2 is 2.29 bits per heavy atom. The van der Waals surface area contributed by atoms with Crippen molar-refractivity contribution in [2.45, 2.75) is 26.5 Å². The van der Waals surface area contributed by atoms with Gasteiger partial charge in [0.25, 0.3) is 5.91 Å². The van der Waals surface area contributed by atoms with Crippen LogP contribution >= 0.6 is 11.6 Å². The van der Waals surface area contributed by atoms with Crippen LogP contribution in [0.3, 0.4) is 0 Å². The van der Waals surface area contributed by atoms with Crippen LogP contribution in [0.15, 0.2) is 23.1 Å². The highest BCUT2D eigenvalue weighted by molar-refractivity contribution is 6.35. The minimum Gasteiger partial charge on any atom is -0.487 e. The van der Waals surface area contributed by atoms with Gasteiger partial charge >= 0.3 is 0 Å². The van der Waals surface area contributed by atoms with E-state index in [2.05, 4.69) is 5.32 Å². The summed E-state index contributed by atoms with van der Waals surface area (Å²) in [5.41, 5.74) is 0.397. The molecule has 3 rings (SSSR count). The largest absolute Gasteiger partial charge is 0.487 e. The first-order chi connectivity index (χ1) is 10.0. The third kappa shape index (κ3) is 2.17. The number of nitrogens with zero attached hydrogens (tertiary/aromatic N) is 1. The Morgan fingerprint density at radius 3 is 3.00 bits per heavy atom. The smallest absolute Gasteiger partial charge is 0.256 e. The Kier molecular flexibility index (Phi) is 3.37. The molecule has 1 aliphatic heterocycles. The molecule has 0 fully saturated rings. The van der Waals surface area contributed by atoms with Crippen molar-refractivity contribution < 1.29 is 9.53 Å². The molecule has 0 bridgehead atoms. The van der Waals surface area contributed by atoms with Gasteiger partial charge in [-0.3, -0.25) is 9.59 Å². The van der Waals surface area contributed by atoms with E-state index in [-0.39, 0.29) is 23.0 Å². The average molecular weight is 307 g/mol. The number of rotatable bonds is 2. The molecule has 1 unspecified atom stereocenters. The standard InChI is InChI=1S/C15H15ClN2O3/c1-3-17-15(20)9-7-18-6-8(2)21-11-5-4-10(16)12(13(11)18)14(9)19/h4-5,7-8H,3,6H2,1-2H3,(H,17,20). The van der Waals surface area contributed by atoms with Gasteiger partial charge in [-0.25, -0.2) is 0 Å². The van der Waals surface area contributed by atoms with Crippen LogP contribution in [0.5, 0.6) is 5.75 Å². The molecule has 0 aliphatic carbocycles. The second-order valence-electron chi connectivity index (χ2n) is 5.08. The van der Waals surface area contributed by atoms with Crippen LogP contribution < -0.4 is 15.5 Å². The van der Waals surface area contributed by atoms with Crippen LogP contribution in [0.2, 0.25) is 5.02 Å². The van der Waals surface area contributed by atoms with Crippen LogP contribution in [0.1, 0.15) is 24.2 Å². The molecular weight excluding hydrogens is 292 g/mol. The molecule has 21 heavy (non-hydrogen) atoms. The van der Waals surface area contributed by atoms with E-state index in [1.807, 2.05) is 18.4 Å². The Hall–Kier alpha value is -2.01. The zero-order valence-corrected chi connectivity index (χ0v) is 12.5. The normalized spacial score (nSPS) is 16.6. The number of hydrogen-bond donors (Lipinski definition) is 1. The van der Waals surface area contributed by atoms with E-state index in [9.17, 15) is 9.59 Å². The number of halogens is 1. The van der Waals surface area contributed by atoms with Gasteiger partial charge in [-0.1, -0.05) is 11.6 Å². The molecule has 1 aromatic carbocycles. The van der Waals surface area contributed by atoms with Crippen molar-refractivity contribution in [2.24, 2.45) is 0 Å². The molecule has 0 spiro atoms. The van der Waals surface area contributed by atoms with Crippen LogP contribution in [-0.4, -0.2) is 23.1 Å². The van der Waals surface area contributed by atoms with Crippen molar-refractivity contribution in [1.82, 2.24) is 9.88 Å². The quantitative estimate of drug-likeness (QED) is 0.925. The Bertz CT molecular complexity index is 798. The molecule has 0 radical (unpaired) electrons. The molecular formula is C15H15ClN2O3. The average Bonchev–Trinajstić information content (AvgIpc) is 2.44. The topological polar surface area (TPSA) is 60.3 Å². The number of nitrogens with one attached hydrogen (secondary N) is 1. The number of amides is 1. The maximum atomic E-state index is 12.6. The Morgan fingerprint density at radius 1 is 1.52 bits per heavy atom. The predicted octanol–water partition coefficient (Wildman–Crippen LogP) is 2.19. The summed E-state index contributed by atoms with van der Waals surface area (Å²) in [5, 5.41) is 3.32. The Labute approximate surface area is 126 Å². The van der Waals surface area contributed by atoms with Gasteiger partial charge in [0.15, 0.2) is 0 Å². The summed E-state index contributed by atoms with van der Waals surface area (Å²) < 4.78 is 7.61. The van der Waals surface area contributed by atoms with Crippen molar-refractivity contribution in [3.8, 4) is 5.75 Å². The molecule has 6 heteroatoms. The maximum absolute atomic E-state index is 12.6. The summed E-state index contributed by atoms with van der Waals surface area (Å²) >= 11 is 6.18. The lowest BCUT2D eigenvalue weighted by atomic mass is 10.1. The summed E-state index contributed by atoms with van der Waals surface area (Å²) in [4.78, 5) is 24.7. The van der Waals surface area contributed by atoms with E-state index in [4.69, 9.17) is 16.3 Å². The fourth-order valence-corrected chi connectivity index (χ4v) is 2.89. The van der Waals surface area contributed by atoms with E-state index < -0.39 is 0 Å². The van der Waals surface area contributed by atoms with Crippen molar-refractivity contribution in [3.63, 3.8) is 0 Å². The Balaban J connectivity index is 2.36. The molecule has 0 saturated carbocycles. The molecule has 1 amide bonds. The zero-order chi connectivity index (χ0) is 15.1. The minimum absolute atomic E-state index is 0.0357. The molecule has 1 N–H and O–H groups in total. The lowest BCUT2D eigenvalue weighted by molar-refractivity contribution is 0.0953. The van der Waals surface area contributed by atoms with Gasteiger partial charge in [0.2, 0.25) is 5.43 Å². The van der Waals surface area contributed by atoms with Crippen LogP contribution in [0, 0.1) is 0 Å². The highest BCUT2D eigenvalue weighted by Crippen LogP contribution is 2.33. The van der Waals surface area contributed by atoms with Crippen LogP contribution in [0.25, 0.3) is 10.9 Å². The van der Waals surface area contributed by atoms with Crippen LogP contribution in [0.4, 0.5) is 0 Å². The SMILES string of the molecule is CCNC(=O)c1cn2c3c(ccc(Cl)c3c1=O)OC(C)C2. The first-order valence-corrected chi connectivity index (χ1v) is 7.21. The van der Waals surface area contributed by atoms with E-state index in [1.165, 1.54) is 0 Å². The van der Waals surface area contributed by atoms with Crippen LogP contribution in [-0.2, 0) is 6.54 Å². The van der Waals surface area contributed by atoms with Crippen molar-refractivity contribution in [1.29, 1.82) is 0 Å². The van der Waals surface area contributed by atoms with Gasteiger partial charge in [-0.05, 0) is 26.0 Å². The monoisotopic (exact) mass is 306 g/mol. The minimum atomic E-state index is -0.381. The summed E-state index contributed by atoms with van der Waals surface area (Å²) in [5.74, 6) is 0.237. The fraction of sp³-hybridized carbons (Fsp3) is 0.333. The van der Waals surface area contributed by atoms with Gasteiger partial charge in [-0.15, -0.1) is 0 Å². The summed E-state index contributed by atoms with van der Waals surface area (Å²) in [7, 11) is 0. The second kappa shape index (κ2) is 5.07.